The Morgan fingerprint density at radius 3 is 2.53 bits per heavy atom. The summed E-state index contributed by atoms with van der Waals surface area (Å²) in [5.41, 5.74) is 3.05. The van der Waals surface area contributed by atoms with Crippen molar-refractivity contribution < 1.29 is 14.6 Å². The topological polar surface area (TPSA) is 95.8 Å². The molecule has 3 aromatic rings. The van der Waals surface area contributed by atoms with E-state index < -0.39 is 0 Å². The van der Waals surface area contributed by atoms with E-state index >= 15 is 0 Å². The van der Waals surface area contributed by atoms with Crippen LogP contribution < -0.4 is 10.1 Å². The number of rotatable bonds is 8. The Morgan fingerprint density at radius 2 is 1.89 bits per heavy atom. The third-order valence-corrected chi connectivity index (χ3v) is 7.63. The highest BCUT2D eigenvalue weighted by molar-refractivity contribution is 6.31. The maximum atomic E-state index is 13.2. The van der Waals surface area contributed by atoms with Gasteiger partial charge in [0, 0.05) is 49.9 Å². The number of aromatic nitrogens is 3. The number of piperazine rings is 1. The number of phenols is 1. The lowest BCUT2D eigenvalue weighted by Gasteiger charge is -2.32. The molecular formula is C28H35ClN6O3. The fraction of sp³-hybridized carbons (Fsp3) is 0.464. The minimum Gasteiger partial charge on any atom is -0.507 e. The summed E-state index contributed by atoms with van der Waals surface area (Å²) < 4.78 is 7.17. The number of hydrogen-bond donors (Lipinski definition) is 2. The molecule has 2 heterocycles. The van der Waals surface area contributed by atoms with Gasteiger partial charge in [0.1, 0.15) is 11.5 Å². The molecule has 1 saturated heterocycles. The van der Waals surface area contributed by atoms with E-state index in [-0.39, 0.29) is 29.4 Å². The Hall–Kier alpha value is -3.14. The fourth-order valence-electron chi connectivity index (χ4n) is 4.77. The van der Waals surface area contributed by atoms with Gasteiger partial charge in [0.25, 0.3) is 5.91 Å². The van der Waals surface area contributed by atoms with Crippen molar-refractivity contribution >= 4 is 17.5 Å². The third kappa shape index (κ3) is 5.50. The molecule has 2 N–H and O–H groups in total. The van der Waals surface area contributed by atoms with Crippen LogP contribution in [-0.4, -0.2) is 82.0 Å². The van der Waals surface area contributed by atoms with Gasteiger partial charge in [-0.15, -0.1) is 10.2 Å². The van der Waals surface area contributed by atoms with Gasteiger partial charge < -0.3 is 20.1 Å². The lowest BCUT2D eigenvalue weighted by Crippen LogP contribution is -2.43. The average molecular weight is 539 g/mol. The van der Waals surface area contributed by atoms with Crippen LogP contribution in [0, 0.1) is 0 Å². The van der Waals surface area contributed by atoms with Crippen molar-refractivity contribution in [2.24, 2.45) is 0 Å². The lowest BCUT2D eigenvalue weighted by molar-refractivity contribution is 0.0938. The average Bonchev–Trinajstić information content (AvgIpc) is 3.60. The molecule has 0 bridgehead atoms. The van der Waals surface area contributed by atoms with E-state index in [4.69, 9.17) is 16.3 Å². The molecule has 0 unspecified atom stereocenters. The van der Waals surface area contributed by atoms with Crippen LogP contribution in [-0.2, 0) is 6.54 Å². The van der Waals surface area contributed by atoms with Gasteiger partial charge in [-0.05, 0) is 55.1 Å². The Labute approximate surface area is 228 Å². The van der Waals surface area contributed by atoms with Crippen LogP contribution in [0.25, 0.3) is 17.1 Å². The van der Waals surface area contributed by atoms with Crippen LogP contribution in [0.15, 0.2) is 30.3 Å². The molecule has 0 radical (unpaired) electrons. The normalized spacial score (nSPS) is 16.7. The standard InChI is InChI=1S/C28H35ClN6O3/c1-17(2)21-14-22(24(36)15-25(21)38-4)26-31-32-27(28(37)30-19-6-7-19)35(26)20-8-5-18(23(29)13-20)16-34-11-9-33(3)10-12-34/h5,8,13-15,17,19,36H,6-7,9-12,16H2,1-4H3,(H,30,37). The third-order valence-electron chi connectivity index (χ3n) is 7.27. The highest BCUT2D eigenvalue weighted by Gasteiger charge is 2.29. The fourth-order valence-corrected chi connectivity index (χ4v) is 5.01. The number of carbonyl (C=O) groups excluding carboxylic acids is 1. The number of phenolic OH excluding ortho intramolecular Hbond substituents is 1. The summed E-state index contributed by atoms with van der Waals surface area (Å²) in [5, 5.41) is 23.2. The van der Waals surface area contributed by atoms with Gasteiger partial charge >= 0.3 is 0 Å². The monoisotopic (exact) mass is 538 g/mol. The van der Waals surface area contributed by atoms with E-state index in [2.05, 4.69) is 46.2 Å². The zero-order valence-corrected chi connectivity index (χ0v) is 23.1. The van der Waals surface area contributed by atoms with Crippen LogP contribution in [0.2, 0.25) is 5.02 Å². The second kappa shape index (κ2) is 10.9. The number of likely N-dealkylation sites (N-methyl/N-ethyl adjacent to an activating group) is 1. The molecule has 202 valence electrons. The van der Waals surface area contributed by atoms with Crippen molar-refractivity contribution in [3.8, 4) is 28.6 Å². The van der Waals surface area contributed by atoms with Crippen molar-refractivity contribution in [3.63, 3.8) is 0 Å². The van der Waals surface area contributed by atoms with Crippen molar-refractivity contribution in [1.29, 1.82) is 0 Å². The zero-order valence-electron chi connectivity index (χ0n) is 22.4. The van der Waals surface area contributed by atoms with Crippen LogP contribution in [0.1, 0.15) is 54.4 Å². The predicted octanol–water partition coefficient (Wildman–Crippen LogP) is 4.06. The lowest BCUT2D eigenvalue weighted by atomic mass is 9.98. The molecule has 0 spiro atoms. The van der Waals surface area contributed by atoms with Crippen LogP contribution in [0.4, 0.5) is 0 Å². The predicted molar refractivity (Wildman–Crippen MR) is 147 cm³/mol. The Balaban J connectivity index is 1.56. The number of nitrogens with one attached hydrogen (secondary N) is 1. The molecule has 1 saturated carbocycles. The molecule has 0 atom stereocenters. The molecule has 1 aromatic heterocycles. The summed E-state index contributed by atoms with van der Waals surface area (Å²) in [4.78, 5) is 17.9. The minimum atomic E-state index is -0.305. The highest BCUT2D eigenvalue weighted by atomic mass is 35.5. The first-order valence-electron chi connectivity index (χ1n) is 13.1. The molecular weight excluding hydrogens is 504 g/mol. The molecule has 5 rings (SSSR count). The van der Waals surface area contributed by atoms with Gasteiger partial charge in [-0.25, -0.2) is 0 Å². The first-order chi connectivity index (χ1) is 18.2. The molecule has 9 nitrogen and oxygen atoms in total. The number of amides is 1. The maximum absolute atomic E-state index is 13.2. The number of ether oxygens (including phenoxy) is 1. The number of benzene rings is 2. The number of halogens is 1. The van der Waals surface area contributed by atoms with Gasteiger partial charge in [0.2, 0.25) is 5.82 Å². The molecule has 1 aliphatic carbocycles. The number of nitrogens with zero attached hydrogens (tertiary/aromatic N) is 5. The summed E-state index contributed by atoms with van der Waals surface area (Å²) in [7, 11) is 3.71. The van der Waals surface area contributed by atoms with Crippen molar-refractivity contribution in [1.82, 2.24) is 29.9 Å². The smallest absolute Gasteiger partial charge is 0.289 e. The van der Waals surface area contributed by atoms with Gasteiger partial charge in [-0.3, -0.25) is 14.3 Å². The summed E-state index contributed by atoms with van der Waals surface area (Å²) in [6, 6.07) is 9.37. The van der Waals surface area contributed by atoms with Crippen molar-refractivity contribution in [2.45, 2.75) is 45.2 Å². The van der Waals surface area contributed by atoms with Gasteiger partial charge in [-0.1, -0.05) is 31.5 Å². The Morgan fingerprint density at radius 1 is 1.16 bits per heavy atom. The Bertz CT molecular complexity index is 1330. The van der Waals surface area contributed by atoms with Crippen molar-refractivity contribution in [3.05, 3.63) is 52.3 Å². The van der Waals surface area contributed by atoms with Crippen molar-refractivity contribution in [2.75, 3.05) is 40.3 Å². The molecule has 2 aromatic carbocycles. The first-order valence-corrected chi connectivity index (χ1v) is 13.5. The summed E-state index contributed by atoms with van der Waals surface area (Å²) >= 11 is 6.80. The molecule has 1 aliphatic heterocycles. The first kappa shape index (κ1) is 26.5. The van der Waals surface area contributed by atoms with Gasteiger partial charge in [-0.2, -0.15) is 0 Å². The van der Waals surface area contributed by atoms with Crippen LogP contribution in [0.3, 0.4) is 0 Å². The number of carbonyl (C=O) groups is 1. The van der Waals surface area contributed by atoms with E-state index in [1.54, 1.807) is 17.7 Å². The molecule has 2 aliphatic rings. The van der Waals surface area contributed by atoms with E-state index in [1.807, 2.05) is 24.3 Å². The van der Waals surface area contributed by atoms with Crippen LogP contribution >= 0.6 is 11.6 Å². The van der Waals surface area contributed by atoms with Crippen LogP contribution in [0.5, 0.6) is 11.5 Å². The second-order valence-electron chi connectivity index (χ2n) is 10.6. The maximum Gasteiger partial charge on any atom is 0.289 e. The van der Waals surface area contributed by atoms with E-state index in [1.165, 1.54) is 0 Å². The quantitative estimate of drug-likeness (QED) is 0.446. The van der Waals surface area contributed by atoms with E-state index in [9.17, 15) is 9.90 Å². The zero-order chi connectivity index (χ0) is 27.0. The van der Waals surface area contributed by atoms with E-state index in [0.29, 0.717) is 27.8 Å². The number of hydrogen-bond acceptors (Lipinski definition) is 7. The largest absolute Gasteiger partial charge is 0.507 e. The summed E-state index contributed by atoms with van der Waals surface area (Å²) in [5.74, 6) is 0.928. The highest BCUT2D eigenvalue weighted by Crippen LogP contribution is 2.39. The summed E-state index contributed by atoms with van der Waals surface area (Å²) in [6.45, 7) is 8.91. The van der Waals surface area contributed by atoms with Gasteiger partial charge in [0.05, 0.1) is 18.4 Å². The number of aromatic hydroxyl groups is 1. The SMILES string of the molecule is COc1cc(O)c(-c2nnc(C(=O)NC3CC3)n2-c2ccc(CN3CCN(C)CC3)c(Cl)c2)cc1C(C)C. The Kier molecular flexibility index (Phi) is 7.61. The minimum absolute atomic E-state index is 0.00756. The number of methoxy groups -OCH3 is 1. The summed E-state index contributed by atoms with van der Waals surface area (Å²) in [6.07, 6.45) is 1.91. The van der Waals surface area contributed by atoms with E-state index in [0.717, 1.165) is 56.7 Å². The molecule has 38 heavy (non-hydrogen) atoms. The molecule has 2 fully saturated rings. The molecule has 10 heteroatoms. The molecule has 1 amide bonds. The second-order valence-corrected chi connectivity index (χ2v) is 11.0. The van der Waals surface area contributed by atoms with Gasteiger partial charge in [0.15, 0.2) is 5.82 Å².